The number of sulfonamides is 1. The van der Waals surface area contributed by atoms with Gasteiger partial charge in [0.2, 0.25) is 10.0 Å². The van der Waals surface area contributed by atoms with Gasteiger partial charge >= 0.3 is 0 Å². The molecule has 0 aliphatic carbocycles. The Morgan fingerprint density at radius 2 is 1.56 bits per heavy atom. The van der Waals surface area contributed by atoms with Gasteiger partial charge in [0.05, 0.1) is 6.26 Å². The van der Waals surface area contributed by atoms with Gasteiger partial charge in [-0.3, -0.25) is 9.80 Å². The summed E-state index contributed by atoms with van der Waals surface area (Å²) in [6.45, 7) is 11.3. The van der Waals surface area contributed by atoms with Crippen LogP contribution in [0.4, 0.5) is 0 Å². The fourth-order valence-corrected chi connectivity index (χ4v) is 5.71. The third kappa shape index (κ3) is 5.31. The summed E-state index contributed by atoms with van der Waals surface area (Å²) in [4.78, 5) is 5.22. The fraction of sp³-hybridized carbons (Fsp3) is 0.714. The van der Waals surface area contributed by atoms with E-state index in [9.17, 15) is 8.42 Å². The first-order valence-corrected chi connectivity index (χ1v) is 12.1. The van der Waals surface area contributed by atoms with Crippen LogP contribution in [0.5, 0.6) is 0 Å². The van der Waals surface area contributed by atoms with Crippen LogP contribution in [-0.4, -0.2) is 73.6 Å². The van der Waals surface area contributed by atoms with Crippen LogP contribution in [0.2, 0.25) is 0 Å². The lowest BCUT2D eigenvalue weighted by Gasteiger charge is -2.52. The van der Waals surface area contributed by atoms with Crippen molar-refractivity contribution in [3.8, 4) is 0 Å². The second kappa shape index (κ2) is 8.60. The number of rotatable bonds is 6. The zero-order valence-corrected chi connectivity index (χ0v) is 17.9. The minimum absolute atomic E-state index is 0.161. The Kier molecular flexibility index (Phi) is 6.62. The van der Waals surface area contributed by atoms with Crippen LogP contribution in [0.3, 0.4) is 0 Å². The summed E-state index contributed by atoms with van der Waals surface area (Å²) in [5, 5.41) is 0. The van der Waals surface area contributed by atoms with Crippen molar-refractivity contribution >= 4 is 10.0 Å². The van der Waals surface area contributed by atoms with E-state index in [0.717, 1.165) is 52.0 Å². The van der Waals surface area contributed by atoms with E-state index in [1.165, 1.54) is 11.8 Å². The zero-order chi connectivity index (χ0) is 19.5. The summed E-state index contributed by atoms with van der Waals surface area (Å²) in [6.07, 6.45) is 4.40. The normalized spacial score (nSPS) is 23.0. The van der Waals surface area contributed by atoms with Gasteiger partial charge < -0.3 is 0 Å². The maximum absolute atomic E-state index is 11.9. The van der Waals surface area contributed by atoms with Gasteiger partial charge in [0.15, 0.2) is 0 Å². The molecule has 0 unspecified atom stereocenters. The zero-order valence-electron chi connectivity index (χ0n) is 17.1. The van der Waals surface area contributed by atoms with Gasteiger partial charge in [0, 0.05) is 51.4 Å². The number of hydrogen-bond donors (Lipinski definition) is 0. The molecule has 27 heavy (non-hydrogen) atoms. The third-order valence-corrected chi connectivity index (χ3v) is 7.51. The summed E-state index contributed by atoms with van der Waals surface area (Å²) in [5.74, 6) is 0.622. The third-order valence-electron chi connectivity index (χ3n) is 6.20. The molecule has 2 aliphatic heterocycles. The fourth-order valence-electron chi connectivity index (χ4n) is 4.87. The molecule has 6 heteroatoms. The van der Waals surface area contributed by atoms with Gasteiger partial charge in [-0.1, -0.05) is 44.2 Å². The first-order valence-electron chi connectivity index (χ1n) is 10.2. The number of benzene rings is 1. The van der Waals surface area contributed by atoms with E-state index >= 15 is 0 Å². The molecule has 2 aliphatic rings. The van der Waals surface area contributed by atoms with Crippen LogP contribution in [0.25, 0.3) is 0 Å². The maximum atomic E-state index is 11.9. The topological polar surface area (TPSA) is 43.9 Å². The molecule has 5 nitrogen and oxygen atoms in total. The molecule has 1 aromatic carbocycles. The Balaban J connectivity index is 1.62. The van der Waals surface area contributed by atoms with Crippen molar-refractivity contribution < 1.29 is 8.42 Å². The molecular formula is C21H35N3O2S. The number of piperazine rings is 1. The summed E-state index contributed by atoms with van der Waals surface area (Å²) >= 11 is 0. The Hall–Kier alpha value is -0.950. The standard InChI is InChI=1S/C21H35N3O2S/c1-19(2)17-21(9-11-24(12-10-21)27(3,25)26)23-15-13-22(14-16-23)18-20-7-5-4-6-8-20/h4-8,19H,9-18H2,1-3H3. The van der Waals surface area contributed by atoms with Gasteiger partial charge in [-0.25, -0.2) is 12.7 Å². The van der Waals surface area contributed by atoms with Gasteiger partial charge in [0.1, 0.15) is 0 Å². The van der Waals surface area contributed by atoms with Crippen LogP contribution < -0.4 is 0 Å². The lowest BCUT2D eigenvalue weighted by Crippen LogP contribution is -2.61. The van der Waals surface area contributed by atoms with Crippen molar-refractivity contribution in [1.82, 2.24) is 14.1 Å². The molecule has 0 amide bonds. The molecule has 2 fully saturated rings. The Labute approximate surface area is 165 Å². The van der Waals surface area contributed by atoms with Crippen LogP contribution in [-0.2, 0) is 16.6 Å². The molecule has 0 bridgehead atoms. The van der Waals surface area contributed by atoms with Crippen molar-refractivity contribution in [2.75, 3.05) is 45.5 Å². The summed E-state index contributed by atoms with van der Waals surface area (Å²) in [6, 6.07) is 10.7. The van der Waals surface area contributed by atoms with Crippen LogP contribution in [0.15, 0.2) is 30.3 Å². The maximum Gasteiger partial charge on any atom is 0.211 e. The highest BCUT2D eigenvalue weighted by molar-refractivity contribution is 7.88. The van der Waals surface area contributed by atoms with Crippen LogP contribution in [0, 0.1) is 5.92 Å². The van der Waals surface area contributed by atoms with Crippen molar-refractivity contribution in [2.24, 2.45) is 5.92 Å². The lowest BCUT2D eigenvalue weighted by molar-refractivity contribution is -0.0128. The molecule has 0 spiro atoms. The average molecular weight is 394 g/mol. The quantitative estimate of drug-likeness (QED) is 0.745. The summed E-state index contributed by atoms with van der Waals surface area (Å²) < 4.78 is 25.5. The first-order chi connectivity index (χ1) is 12.8. The number of hydrogen-bond acceptors (Lipinski definition) is 4. The Morgan fingerprint density at radius 3 is 2.07 bits per heavy atom. The minimum Gasteiger partial charge on any atom is -0.297 e. The molecule has 0 atom stereocenters. The van der Waals surface area contributed by atoms with Gasteiger partial charge in [-0.05, 0) is 30.7 Å². The molecule has 3 rings (SSSR count). The van der Waals surface area contributed by atoms with Gasteiger partial charge in [-0.2, -0.15) is 0 Å². The van der Waals surface area contributed by atoms with E-state index in [0.29, 0.717) is 19.0 Å². The van der Waals surface area contributed by atoms with Crippen LogP contribution in [0.1, 0.15) is 38.7 Å². The SMILES string of the molecule is CC(C)CC1(N2CCN(Cc3ccccc3)CC2)CCN(S(C)(=O)=O)CC1. The van der Waals surface area contributed by atoms with Crippen LogP contribution >= 0.6 is 0 Å². The number of nitrogens with zero attached hydrogens (tertiary/aromatic N) is 3. The predicted octanol–water partition coefficient (Wildman–Crippen LogP) is 2.64. The molecule has 2 heterocycles. The monoisotopic (exact) mass is 393 g/mol. The largest absolute Gasteiger partial charge is 0.297 e. The predicted molar refractivity (Wildman–Crippen MR) is 111 cm³/mol. The summed E-state index contributed by atoms with van der Waals surface area (Å²) in [5.41, 5.74) is 1.54. The van der Waals surface area contributed by atoms with E-state index < -0.39 is 10.0 Å². The number of piperidine rings is 1. The molecule has 0 saturated carbocycles. The smallest absolute Gasteiger partial charge is 0.211 e. The molecule has 0 N–H and O–H groups in total. The molecule has 2 saturated heterocycles. The van der Waals surface area contributed by atoms with Crippen molar-refractivity contribution in [1.29, 1.82) is 0 Å². The molecule has 0 aromatic heterocycles. The summed E-state index contributed by atoms with van der Waals surface area (Å²) in [7, 11) is -3.07. The highest BCUT2D eigenvalue weighted by Gasteiger charge is 2.42. The Bertz CT molecular complexity index is 689. The van der Waals surface area contributed by atoms with E-state index in [2.05, 4.69) is 54.0 Å². The van der Waals surface area contributed by atoms with E-state index in [1.807, 2.05) is 0 Å². The molecular weight excluding hydrogens is 358 g/mol. The average Bonchev–Trinajstić information content (AvgIpc) is 2.62. The van der Waals surface area contributed by atoms with E-state index in [-0.39, 0.29) is 5.54 Å². The lowest BCUT2D eigenvalue weighted by atomic mass is 9.79. The van der Waals surface area contributed by atoms with E-state index in [1.54, 1.807) is 4.31 Å². The molecule has 1 aromatic rings. The molecule has 0 radical (unpaired) electrons. The second-order valence-corrected chi connectivity index (χ2v) is 10.7. The van der Waals surface area contributed by atoms with Crippen molar-refractivity contribution in [3.05, 3.63) is 35.9 Å². The highest BCUT2D eigenvalue weighted by Crippen LogP contribution is 2.36. The minimum atomic E-state index is -3.07. The second-order valence-electron chi connectivity index (χ2n) is 8.73. The Morgan fingerprint density at radius 1 is 0.963 bits per heavy atom. The highest BCUT2D eigenvalue weighted by atomic mass is 32.2. The van der Waals surface area contributed by atoms with Crippen molar-refractivity contribution in [3.63, 3.8) is 0 Å². The first kappa shape index (κ1) is 20.8. The van der Waals surface area contributed by atoms with Crippen molar-refractivity contribution in [2.45, 2.75) is 45.2 Å². The van der Waals surface area contributed by atoms with Gasteiger partial charge in [0.25, 0.3) is 0 Å². The van der Waals surface area contributed by atoms with Gasteiger partial charge in [-0.15, -0.1) is 0 Å². The molecule has 152 valence electrons. The van der Waals surface area contributed by atoms with E-state index in [4.69, 9.17) is 0 Å².